The van der Waals surface area contributed by atoms with Gasteiger partial charge in [0.1, 0.15) is 0 Å². The Morgan fingerprint density at radius 2 is 2.24 bits per heavy atom. The van der Waals surface area contributed by atoms with Crippen LogP contribution in [-0.2, 0) is 0 Å². The van der Waals surface area contributed by atoms with Crippen molar-refractivity contribution in [3.05, 3.63) is 29.8 Å². The minimum Gasteiger partial charge on any atom is -0.385 e. The highest BCUT2D eigenvalue weighted by Crippen LogP contribution is 2.35. The van der Waals surface area contributed by atoms with Crippen LogP contribution in [0, 0.1) is 5.92 Å². The van der Waals surface area contributed by atoms with E-state index in [2.05, 4.69) is 41.8 Å². The zero-order valence-electron chi connectivity index (χ0n) is 10.6. The lowest BCUT2D eigenvalue weighted by atomic mass is 9.91. The van der Waals surface area contributed by atoms with Crippen molar-refractivity contribution in [2.45, 2.75) is 38.1 Å². The van der Waals surface area contributed by atoms with Crippen LogP contribution < -0.4 is 10.6 Å². The summed E-state index contributed by atoms with van der Waals surface area (Å²) in [5.74, 6) is 1.65. The van der Waals surface area contributed by atoms with E-state index in [1.165, 1.54) is 30.5 Å². The quantitative estimate of drug-likeness (QED) is 0.831. The standard InChI is InChI=1S/C15H22N2/c1-2-11-9-15(11)17-10-12-7-8-16-14-6-4-3-5-13(12)14/h3-6,11-12,15-17H,2,7-10H2,1H3. The van der Waals surface area contributed by atoms with Crippen molar-refractivity contribution in [3.8, 4) is 0 Å². The Morgan fingerprint density at radius 1 is 1.35 bits per heavy atom. The van der Waals surface area contributed by atoms with E-state index in [4.69, 9.17) is 0 Å². The lowest BCUT2D eigenvalue weighted by molar-refractivity contribution is 0.531. The van der Waals surface area contributed by atoms with Gasteiger partial charge in [-0.1, -0.05) is 31.5 Å². The summed E-state index contributed by atoms with van der Waals surface area (Å²) < 4.78 is 0. The predicted molar refractivity (Wildman–Crippen MR) is 72.5 cm³/mol. The van der Waals surface area contributed by atoms with Crippen LogP contribution in [0.4, 0.5) is 5.69 Å². The topological polar surface area (TPSA) is 24.1 Å². The second-order valence-electron chi connectivity index (χ2n) is 5.42. The summed E-state index contributed by atoms with van der Waals surface area (Å²) >= 11 is 0. The maximum Gasteiger partial charge on any atom is 0.0376 e. The molecule has 1 aliphatic carbocycles. The van der Waals surface area contributed by atoms with Crippen LogP contribution in [0.2, 0.25) is 0 Å². The third-order valence-corrected chi connectivity index (χ3v) is 4.28. The van der Waals surface area contributed by atoms with Crippen LogP contribution >= 0.6 is 0 Å². The van der Waals surface area contributed by atoms with Gasteiger partial charge in [0.15, 0.2) is 0 Å². The number of fused-ring (bicyclic) bond motifs is 1. The summed E-state index contributed by atoms with van der Waals surface area (Å²) in [4.78, 5) is 0. The molecule has 3 rings (SSSR count). The molecule has 2 N–H and O–H groups in total. The van der Waals surface area contributed by atoms with E-state index in [-0.39, 0.29) is 0 Å². The summed E-state index contributed by atoms with van der Waals surface area (Å²) in [5.41, 5.74) is 2.84. The Kier molecular flexibility index (Phi) is 3.06. The molecule has 2 heteroatoms. The number of hydrogen-bond acceptors (Lipinski definition) is 2. The average molecular weight is 230 g/mol. The molecule has 3 atom stereocenters. The van der Waals surface area contributed by atoms with Gasteiger partial charge in [-0.25, -0.2) is 0 Å². The number of para-hydroxylation sites is 1. The number of nitrogens with one attached hydrogen (secondary N) is 2. The third kappa shape index (κ3) is 2.32. The molecule has 2 aliphatic rings. The van der Waals surface area contributed by atoms with Crippen LogP contribution in [0.5, 0.6) is 0 Å². The van der Waals surface area contributed by atoms with Gasteiger partial charge in [0.25, 0.3) is 0 Å². The first-order valence-electron chi connectivity index (χ1n) is 6.94. The van der Waals surface area contributed by atoms with Crippen molar-refractivity contribution < 1.29 is 0 Å². The van der Waals surface area contributed by atoms with Gasteiger partial charge in [-0.2, -0.15) is 0 Å². The van der Waals surface area contributed by atoms with Crippen LogP contribution in [0.3, 0.4) is 0 Å². The fourth-order valence-electron chi connectivity index (χ4n) is 3.00. The zero-order chi connectivity index (χ0) is 11.7. The van der Waals surface area contributed by atoms with Gasteiger partial charge < -0.3 is 10.6 Å². The fourth-order valence-corrected chi connectivity index (χ4v) is 3.00. The highest BCUT2D eigenvalue weighted by Gasteiger charge is 2.35. The van der Waals surface area contributed by atoms with Gasteiger partial charge in [-0.05, 0) is 30.4 Å². The summed E-state index contributed by atoms with van der Waals surface area (Å²) in [5, 5.41) is 7.23. The average Bonchev–Trinajstić information content (AvgIpc) is 3.15. The molecule has 92 valence electrons. The molecule has 2 nitrogen and oxygen atoms in total. The normalized spacial score (nSPS) is 30.5. The largest absolute Gasteiger partial charge is 0.385 e. The molecule has 17 heavy (non-hydrogen) atoms. The predicted octanol–water partition coefficient (Wildman–Crippen LogP) is 2.97. The van der Waals surface area contributed by atoms with Crippen LogP contribution in [0.15, 0.2) is 24.3 Å². The van der Waals surface area contributed by atoms with Crippen molar-refractivity contribution in [3.63, 3.8) is 0 Å². The SMILES string of the molecule is CCC1CC1NCC1CCNc2ccccc21. The van der Waals surface area contributed by atoms with Crippen molar-refractivity contribution in [2.24, 2.45) is 5.92 Å². The molecule has 0 spiro atoms. The summed E-state index contributed by atoms with van der Waals surface area (Å²) in [6.07, 6.45) is 3.98. The third-order valence-electron chi connectivity index (χ3n) is 4.28. The molecule has 3 unspecified atom stereocenters. The first-order valence-corrected chi connectivity index (χ1v) is 6.94. The molecule has 1 fully saturated rings. The van der Waals surface area contributed by atoms with Crippen LogP contribution in [0.1, 0.15) is 37.7 Å². The van der Waals surface area contributed by atoms with E-state index in [1.54, 1.807) is 0 Å². The number of benzene rings is 1. The van der Waals surface area contributed by atoms with Gasteiger partial charge >= 0.3 is 0 Å². The summed E-state index contributed by atoms with van der Waals surface area (Å²) in [6, 6.07) is 9.56. The molecule has 1 heterocycles. The van der Waals surface area contributed by atoms with E-state index >= 15 is 0 Å². The minimum absolute atomic E-state index is 0.700. The van der Waals surface area contributed by atoms with Gasteiger partial charge in [0.05, 0.1) is 0 Å². The Morgan fingerprint density at radius 3 is 3.06 bits per heavy atom. The van der Waals surface area contributed by atoms with Gasteiger partial charge in [-0.15, -0.1) is 0 Å². The smallest absolute Gasteiger partial charge is 0.0376 e. The number of rotatable bonds is 4. The Labute approximate surface area is 104 Å². The van der Waals surface area contributed by atoms with Crippen molar-refractivity contribution in [2.75, 3.05) is 18.4 Å². The first kappa shape index (κ1) is 11.1. The Bertz CT molecular complexity index is 388. The van der Waals surface area contributed by atoms with E-state index in [0.717, 1.165) is 25.0 Å². The zero-order valence-corrected chi connectivity index (χ0v) is 10.6. The summed E-state index contributed by atoms with van der Waals surface area (Å²) in [6.45, 7) is 4.57. The fraction of sp³-hybridized carbons (Fsp3) is 0.600. The maximum absolute atomic E-state index is 3.74. The van der Waals surface area contributed by atoms with E-state index < -0.39 is 0 Å². The molecule has 1 aliphatic heterocycles. The number of anilines is 1. The molecule has 0 saturated heterocycles. The molecule has 0 radical (unpaired) electrons. The van der Waals surface area contributed by atoms with E-state index in [1.807, 2.05) is 0 Å². The second kappa shape index (κ2) is 4.69. The number of hydrogen-bond donors (Lipinski definition) is 2. The first-order chi connectivity index (χ1) is 8.38. The van der Waals surface area contributed by atoms with Crippen LogP contribution in [0.25, 0.3) is 0 Å². The Balaban J connectivity index is 1.61. The van der Waals surface area contributed by atoms with E-state index in [0.29, 0.717) is 5.92 Å². The van der Waals surface area contributed by atoms with Gasteiger partial charge in [0.2, 0.25) is 0 Å². The molecular formula is C15H22N2. The van der Waals surface area contributed by atoms with Crippen molar-refractivity contribution in [1.82, 2.24) is 5.32 Å². The van der Waals surface area contributed by atoms with Gasteiger partial charge in [-0.3, -0.25) is 0 Å². The second-order valence-corrected chi connectivity index (χ2v) is 5.42. The minimum atomic E-state index is 0.700. The lowest BCUT2D eigenvalue weighted by Crippen LogP contribution is -2.28. The molecule has 1 saturated carbocycles. The molecule has 0 aromatic heterocycles. The van der Waals surface area contributed by atoms with Crippen LogP contribution in [-0.4, -0.2) is 19.1 Å². The lowest BCUT2D eigenvalue weighted by Gasteiger charge is -2.27. The molecular weight excluding hydrogens is 208 g/mol. The molecule has 1 aromatic rings. The maximum atomic E-state index is 3.74. The monoisotopic (exact) mass is 230 g/mol. The highest BCUT2D eigenvalue weighted by molar-refractivity contribution is 5.54. The van der Waals surface area contributed by atoms with Gasteiger partial charge in [0, 0.05) is 30.7 Å². The molecule has 0 amide bonds. The highest BCUT2D eigenvalue weighted by atomic mass is 15.0. The summed E-state index contributed by atoms with van der Waals surface area (Å²) in [7, 11) is 0. The molecule has 0 bridgehead atoms. The van der Waals surface area contributed by atoms with Crippen molar-refractivity contribution >= 4 is 5.69 Å². The molecule has 1 aromatic carbocycles. The Hall–Kier alpha value is -1.02. The van der Waals surface area contributed by atoms with E-state index in [9.17, 15) is 0 Å². The van der Waals surface area contributed by atoms with Crippen molar-refractivity contribution in [1.29, 1.82) is 0 Å².